The van der Waals surface area contributed by atoms with E-state index in [0.29, 0.717) is 6.47 Å². The number of aromatic hydroxyl groups is 1. The van der Waals surface area contributed by atoms with Crippen molar-refractivity contribution in [1.29, 1.82) is 0 Å². The van der Waals surface area contributed by atoms with E-state index in [4.69, 9.17) is 9.47 Å². The number of ether oxygens (including phenoxy) is 2. The first-order valence-electron chi connectivity index (χ1n) is 9.04. The molecule has 0 aliphatic rings. The first-order chi connectivity index (χ1) is 12.9. The molecule has 9 heteroatoms. The molecular formula is C19H30BINO5P. The van der Waals surface area contributed by atoms with Gasteiger partial charge < -0.3 is 14.6 Å². The molecule has 0 fully saturated rings. The van der Waals surface area contributed by atoms with Crippen LogP contribution >= 0.6 is 27.5 Å². The molecule has 3 atom stereocenters. The number of rotatable bonds is 9. The summed E-state index contributed by atoms with van der Waals surface area (Å²) in [5.74, 6) is -0.104. The molecule has 1 aromatic carbocycles. The molecular weight excluding hydrogens is 491 g/mol. The van der Waals surface area contributed by atoms with Crippen LogP contribution in [-0.2, 0) is 24.5 Å². The predicted molar refractivity (Wildman–Crippen MR) is 125 cm³/mol. The third-order valence-corrected chi connectivity index (χ3v) is 7.55. The molecule has 0 aromatic heterocycles. The molecule has 0 bridgehead atoms. The number of phenols is 1. The molecule has 3 unspecified atom stereocenters. The van der Waals surface area contributed by atoms with Gasteiger partial charge in [0.05, 0.1) is 19.6 Å². The number of benzene rings is 1. The van der Waals surface area contributed by atoms with E-state index >= 15 is 0 Å². The molecule has 6 nitrogen and oxygen atoms in total. The number of hydrogen-bond acceptors (Lipinski definition) is 6. The van der Waals surface area contributed by atoms with Gasteiger partial charge in [0.25, 0.3) is 6.47 Å². The average molecular weight is 521 g/mol. The van der Waals surface area contributed by atoms with Gasteiger partial charge in [-0.3, -0.25) is 14.5 Å². The van der Waals surface area contributed by atoms with E-state index in [9.17, 15) is 14.7 Å². The Labute approximate surface area is 182 Å². The molecule has 0 aliphatic carbocycles. The van der Waals surface area contributed by atoms with Gasteiger partial charge in [-0.2, -0.15) is 0 Å². The second-order valence-electron chi connectivity index (χ2n) is 7.86. The van der Waals surface area contributed by atoms with E-state index in [0.717, 1.165) is 11.1 Å². The zero-order valence-corrected chi connectivity index (χ0v) is 20.7. The summed E-state index contributed by atoms with van der Waals surface area (Å²) in [5, 5.41) is 12.2. The highest BCUT2D eigenvalue weighted by Gasteiger charge is 2.29. The van der Waals surface area contributed by atoms with Crippen molar-refractivity contribution in [2.75, 3.05) is 20.8 Å². The molecule has 0 heterocycles. The summed E-state index contributed by atoms with van der Waals surface area (Å²) in [6.45, 7) is 8.65. The maximum absolute atomic E-state index is 11.8. The lowest BCUT2D eigenvalue weighted by molar-refractivity contribution is -0.144. The Morgan fingerprint density at radius 2 is 2.04 bits per heavy atom. The Morgan fingerprint density at radius 3 is 2.50 bits per heavy atom. The highest BCUT2D eigenvalue weighted by molar-refractivity contribution is 14.2. The van der Waals surface area contributed by atoms with Crippen LogP contribution in [0.5, 0.6) is 5.75 Å². The van der Waals surface area contributed by atoms with Gasteiger partial charge in [0.1, 0.15) is 12.4 Å². The molecule has 0 saturated heterocycles. The second-order valence-corrected chi connectivity index (χ2v) is 13.7. The average Bonchev–Trinajstić information content (AvgIpc) is 2.62. The molecule has 0 radical (unpaired) electrons. The van der Waals surface area contributed by atoms with Crippen molar-refractivity contribution in [3.63, 3.8) is 0 Å². The van der Waals surface area contributed by atoms with Gasteiger partial charge in [-0.05, 0) is 36.8 Å². The fourth-order valence-corrected chi connectivity index (χ4v) is 4.45. The third-order valence-electron chi connectivity index (χ3n) is 4.91. The van der Waals surface area contributed by atoms with Crippen molar-refractivity contribution in [3.8, 4) is 5.75 Å². The number of esters is 1. The maximum Gasteiger partial charge on any atom is 0.307 e. The quantitative estimate of drug-likeness (QED) is 0.177. The standard InChI is InChI=1S/C19H30BINO5P/c1-12(22(5)13(10-27-11-23)7-17(24)26-6)15-8-14(28(20)21)9-16(18(15)25)19(2,3)4/h8-9,11-13,25H,7,10,20H2,1-6H3. The van der Waals surface area contributed by atoms with Crippen molar-refractivity contribution in [2.45, 2.75) is 51.6 Å². The van der Waals surface area contributed by atoms with E-state index in [-0.39, 0.29) is 47.7 Å². The van der Waals surface area contributed by atoms with Crippen LogP contribution in [0.15, 0.2) is 12.1 Å². The summed E-state index contributed by atoms with van der Waals surface area (Å²) < 4.78 is 9.71. The summed E-state index contributed by atoms with van der Waals surface area (Å²) in [6, 6.07) is 3.57. The van der Waals surface area contributed by atoms with Gasteiger partial charge >= 0.3 is 5.97 Å². The topological polar surface area (TPSA) is 76.1 Å². The van der Waals surface area contributed by atoms with Gasteiger partial charge in [0.15, 0.2) is 7.57 Å². The Morgan fingerprint density at radius 1 is 1.43 bits per heavy atom. The number of carbonyl (C=O) groups is 2. The van der Waals surface area contributed by atoms with Crippen LogP contribution in [0.25, 0.3) is 0 Å². The highest BCUT2D eigenvalue weighted by Crippen LogP contribution is 2.43. The molecule has 156 valence electrons. The van der Waals surface area contributed by atoms with Crippen molar-refractivity contribution in [2.24, 2.45) is 0 Å². The molecule has 0 saturated carbocycles. The van der Waals surface area contributed by atoms with Crippen LogP contribution in [0, 0.1) is 0 Å². The van der Waals surface area contributed by atoms with E-state index in [1.165, 1.54) is 12.4 Å². The zero-order chi connectivity index (χ0) is 21.6. The lowest BCUT2D eigenvalue weighted by Crippen LogP contribution is -2.39. The van der Waals surface area contributed by atoms with E-state index < -0.39 is 0 Å². The van der Waals surface area contributed by atoms with Crippen LogP contribution in [0.1, 0.15) is 51.3 Å². The fraction of sp³-hybridized carbons (Fsp3) is 0.579. The first kappa shape index (κ1) is 25.2. The van der Waals surface area contributed by atoms with Gasteiger partial charge in [-0.1, -0.05) is 48.3 Å². The summed E-state index contributed by atoms with van der Waals surface area (Å²) >= 11 is 2.42. The Bertz CT molecular complexity index is 696. The summed E-state index contributed by atoms with van der Waals surface area (Å²) in [5.41, 5.74) is 1.12. The number of methoxy groups -OCH3 is 1. The summed E-state index contributed by atoms with van der Waals surface area (Å²) in [6.07, 6.45) is 0.0878. The molecule has 28 heavy (non-hydrogen) atoms. The molecule has 0 aliphatic heterocycles. The molecule has 0 amide bonds. The van der Waals surface area contributed by atoms with Gasteiger partial charge in [-0.25, -0.2) is 0 Å². The number of likely N-dealkylation sites (N-methyl/N-ethyl adjacent to an activating group) is 1. The zero-order valence-electron chi connectivity index (χ0n) is 17.7. The highest BCUT2D eigenvalue weighted by atomic mass is 127. The van der Waals surface area contributed by atoms with Crippen molar-refractivity contribution in [3.05, 3.63) is 23.3 Å². The minimum atomic E-state index is -0.378. The van der Waals surface area contributed by atoms with Crippen LogP contribution in [0.4, 0.5) is 0 Å². The minimum Gasteiger partial charge on any atom is -0.507 e. The molecule has 1 aromatic rings. The van der Waals surface area contributed by atoms with Crippen LogP contribution in [0.3, 0.4) is 0 Å². The van der Waals surface area contributed by atoms with Gasteiger partial charge in [0.2, 0.25) is 0 Å². The lowest BCUT2D eigenvalue weighted by Gasteiger charge is -2.34. The Hall–Kier alpha value is -0.855. The fourth-order valence-electron chi connectivity index (χ4n) is 2.99. The second kappa shape index (κ2) is 10.8. The van der Waals surface area contributed by atoms with Crippen molar-refractivity contribution >= 4 is 52.8 Å². The van der Waals surface area contributed by atoms with Crippen molar-refractivity contribution < 1.29 is 24.2 Å². The normalized spacial score (nSPS) is 15.0. The largest absolute Gasteiger partial charge is 0.507 e. The maximum atomic E-state index is 11.8. The van der Waals surface area contributed by atoms with E-state index in [2.05, 4.69) is 56.4 Å². The first-order valence-corrected chi connectivity index (χ1v) is 13.6. The molecule has 0 spiro atoms. The van der Waals surface area contributed by atoms with E-state index in [1.807, 2.05) is 24.9 Å². The number of halogens is 1. The van der Waals surface area contributed by atoms with E-state index in [1.54, 1.807) is 0 Å². The smallest absolute Gasteiger partial charge is 0.307 e. The Balaban J connectivity index is 3.36. The summed E-state index contributed by atoms with van der Waals surface area (Å²) in [4.78, 5) is 24.4. The van der Waals surface area contributed by atoms with Crippen LogP contribution in [-0.4, -0.2) is 56.8 Å². The lowest BCUT2D eigenvalue weighted by atomic mass is 9.84. The SMILES string of the molecule is BP(I)c1cc(C(C)N(C)C(COC=O)CC(=O)OC)c(O)c(C(C)(C)C)c1. The number of hydrogen-bond donors (Lipinski definition) is 1. The molecule has 1 N–H and O–H groups in total. The number of phenolic OH excluding ortho intramolecular Hbond substituents is 1. The number of nitrogens with zero attached hydrogens (tertiary/aromatic N) is 1. The minimum absolute atomic E-state index is 0.0682. The van der Waals surface area contributed by atoms with Gasteiger partial charge in [-0.15, -0.1) is 0 Å². The number of carbonyl (C=O) groups excluding carboxylic acids is 2. The monoisotopic (exact) mass is 521 g/mol. The Kier molecular flexibility index (Phi) is 9.70. The third kappa shape index (κ3) is 6.60. The van der Waals surface area contributed by atoms with Crippen molar-refractivity contribution in [1.82, 2.24) is 4.90 Å². The summed E-state index contributed by atoms with van der Waals surface area (Å²) in [7, 11) is 5.36. The van der Waals surface area contributed by atoms with Gasteiger partial charge in [0, 0.05) is 17.2 Å². The predicted octanol–water partition coefficient (Wildman–Crippen LogP) is 2.79. The molecule has 1 rings (SSSR count). The van der Waals surface area contributed by atoms with Crippen LogP contribution < -0.4 is 5.30 Å². The van der Waals surface area contributed by atoms with Crippen LogP contribution in [0.2, 0.25) is 0 Å².